The van der Waals surface area contributed by atoms with Crippen molar-refractivity contribution in [2.45, 2.75) is 39.2 Å². The molecular formula is C21H25NO5. The molecule has 1 saturated heterocycles. The Morgan fingerprint density at radius 3 is 2.74 bits per heavy atom. The smallest absolute Gasteiger partial charge is 0.328 e. The second-order valence-electron chi connectivity index (χ2n) is 7.40. The predicted octanol–water partition coefficient (Wildman–Crippen LogP) is 2.42. The van der Waals surface area contributed by atoms with E-state index in [-0.39, 0.29) is 24.4 Å². The van der Waals surface area contributed by atoms with Gasteiger partial charge in [-0.25, -0.2) is 4.79 Å². The van der Waals surface area contributed by atoms with Gasteiger partial charge in [0.05, 0.1) is 18.6 Å². The van der Waals surface area contributed by atoms with Crippen LogP contribution in [0, 0.1) is 11.3 Å². The fourth-order valence-corrected chi connectivity index (χ4v) is 4.01. The van der Waals surface area contributed by atoms with Crippen LogP contribution in [0.25, 0.3) is 0 Å². The predicted molar refractivity (Wildman–Crippen MR) is 99.0 cm³/mol. The number of carbonyl (C=O) groups is 3. The summed E-state index contributed by atoms with van der Waals surface area (Å²) in [6.07, 6.45) is 2.07. The minimum absolute atomic E-state index is 0.142. The highest BCUT2D eigenvalue weighted by molar-refractivity contribution is 5.96. The molecule has 1 aromatic carbocycles. The molecule has 0 radical (unpaired) electrons. The van der Waals surface area contributed by atoms with Crippen molar-refractivity contribution in [2.75, 3.05) is 13.2 Å². The van der Waals surface area contributed by atoms with Crippen LogP contribution >= 0.6 is 0 Å². The van der Waals surface area contributed by atoms with Crippen LogP contribution in [0.4, 0.5) is 0 Å². The first-order chi connectivity index (χ1) is 12.9. The molecule has 1 heterocycles. The van der Waals surface area contributed by atoms with Crippen LogP contribution in [0.2, 0.25) is 0 Å². The molecule has 3 atom stereocenters. The molecule has 1 amide bonds. The fourth-order valence-electron chi connectivity index (χ4n) is 4.01. The highest BCUT2D eigenvalue weighted by Gasteiger charge is 2.55. The van der Waals surface area contributed by atoms with Crippen molar-refractivity contribution in [3.05, 3.63) is 47.5 Å². The number of benzene rings is 1. The molecule has 0 bridgehead atoms. The number of esters is 2. The number of ether oxygens (including phenoxy) is 2. The molecule has 0 spiro atoms. The molecule has 1 aliphatic heterocycles. The Morgan fingerprint density at radius 2 is 2.07 bits per heavy atom. The number of carbonyl (C=O) groups excluding carboxylic acids is 3. The number of allylic oxidation sites excluding steroid dienone is 1. The van der Waals surface area contributed by atoms with E-state index < -0.39 is 17.4 Å². The summed E-state index contributed by atoms with van der Waals surface area (Å²) >= 11 is 0. The molecule has 6 nitrogen and oxygen atoms in total. The van der Waals surface area contributed by atoms with E-state index in [4.69, 9.17) is 9.47 Å². The van der Waals surface area contributed by atoms with Gasteiger partial charge < -0.3 is 14.8 Å². The third kappa shape index (κ3) is 3.75. The lowest BCUT2D eigenvalue weighted by molar-refractivity contribution is -0.146. The molecule has 1 N–H and O–H groups in total. The molecule has 27 heavy (non-hydrogen) atoms. The minimum Gasteiger partial charge on any atom is -0.465 e. The van der Waals surface area contributed by atoms with E-state index in [1.807, 2.05) is 12.1 Å². The van der Waals surface area contributed by atoms with Crippen LogP contribution in [0.5, 0.6) is 0 Å². The summed E-state index contributed by atoms with van der Waals surface area (Å²) in [5.74, 6) is -0.761. The van der Waals surface area contributed by atoms with Gasteiger partial charge in [-0.2, -0.15) is 0 Å². The second kappa shape index (κ2) is 7.55. The molecule has 2 fully saturated rings. The van der Waals surface area contributed by atoms with E-state index in [0.717, 1.165) is 17.6 Å². The first-order valence-corrected chi connectivity index (χ1v) is 9.26. The number of cyclic esters (lactones) is 1. The van der Waals surface area contributed by atoms with Crippen LogP contribution in [-0.2, 0) is 25.5 Å². The molecular weight excluding hydrogens is 346 g/mol. The van der Waals surface area contributed by atoms with Crippen molar-refractivity contribution < 1.29 is 23.9 Å². The standard InChI is InChI=1S/C21H25NO5/c1-4-26-19(24)14(3)22-18(23)16-7-5-15(6-8-16)11-21-10-13(2)9-17(21)12-27-20(21)25/h5-8,14,17H,2,4,9-12H2,1,3H3,(H,22,23). The second-order valence-corrected chi connectivity index (χ2v) is 7.40. The van der Waals surface area contributed by atoms with Gasteiger partial charge in [-0.3, -0.25) is 9.59 Å². The maximum Gasteiger partial charge on any atom is 0.328 e. The van der Waals surface area contributed by atoms with Crippen LogP contribution in [-0.4, -0.2) is 37.1 Å². The van der Waals surface area contributed by atoms with Crippen LogP contribution in [0.3, 0.4) is 0 Å². The molecule has 2 aliphatic rings. The van der Waals surface area contributed by atoms with E-state index in [9.17, 15) is 14.4 Å². The number of rotatable bonds is 6. The van der Waals surface area contributed by atoms with Gasteiger partial charge in [0.15, 0.2) is 0 Å². The molecule has 0 aromatic heterocycles. The number of fused-ring (bicyclic) bond motifs is 1. The maximum absolute atomic E-state index is 12.4. The molecule has 3 rings (SSSR count). The summed E-state index contributed by atoms with van der Waals surface area (Å²) in [4.78, 5) is 36.3. The quantitative estimate of drug-likeness (QED) is 0.613. The van der Waals surface area contributed by atoms with Gasteiger partial charge in [-0.1, -0.05) is 24.3 Å². The monoisotopic (exact) mass is 371 g/mol. The summed E-state index contributed by atoms with van der Waals surface area (Å²) in [5, 5.41) is 2.62. The number of nitrogens with one attached hydrogen (secondary N) is 1. The Morgan fingerprint density at radius 1 is 1.37 bits per heavy atom. The normalized spacial score (nSPS) is 24.9. The Hall–Kier alpha value is -2.63. The highest BCUT2D eigenvalue weighted by Crippen LogP contribution is 2.52. The highest BCUT2D eigenvalue weighted by atomic mass is 16.5. The fraction of sp³-hybridized carbons (Fsp3) is 0.476. The third-order valence-electron chi connectivity index (χ3n) is 5.43. The molecule has 1 aliphatic carbocycles. The van der Waals surface area contributed by atoms with Gasteiger partial charge in [0.2, 0.25) is 0 Å². The number of hydrogen-bond donors (Lipinski definition) is 1. The Bertz CT molecular complexity index is 769. The number of hydrogen-bond acceptors (Lipinski definition) is 5. The molecule has 1 saturated carbocycles. The van der Waals surface area contributed by atoms with Crippen molar-refractivity contribution in [1.82, 2.24) is 5.32 Å². The topological polar surface area (TPSA) is 81.7 Å². The van der Waals surface area contributed by atoms with Crippen molar-refractivity contribution in [2.24, 2.45) is 11.3 Å². The Balaban J connectivity index is 1.67. The van der Waals surface area contributed by atoms with E-state index in [1.165, 1.54) is 0 Å². The van der Waals surface area contributed by atoms with Gasteiger partial charge in [-0.05, 0) is 50.8 Å². The zero-order chi connectivity index (χ0) is 19.6. The van der Waals surface area contributed by atoms with E-state index in [0.29, 0.717) is 25.0 Å². The molecule has 144 valence electrons. The van der Waals surface area contributed by atoms with Crippen molar-refractivity contribution in [1.29, 1.82) is 0 Å². The van der Waals surface area contributed by atoms with Gasteiger partial charge >= 0.3 is 11.9 Å². The van der Waals surface area contributed by atoms with E-state index >= 15 is 0 Å². The van der Waals surface area contributed by atoms with Crippen LogP contribution < -0.4 is 5.32 Å². The first kappa shape index (κ1) is 19.1. The molecule has 1 aromatic rings. The average Bonchev–Trinajstić information content (AvgIpc) is 3.10. The van der Waals surface area contributed by atoms with E-state index in [1.54, 1.807) is 26.0 Å². The van der Waals surface area contributed by atoms with Gasteiger partial charge in [0, 0.05) is 11.5 Å². The first-order valence-electron chi connectivity index (χ1n) is 9.26. The summed E-state index contributed by atoms with van der Waals surface area (Å²) < 4.78 is 10.2. The molecule has 3 unspecified atom stereocenters. The van der Waals surface area contributed by atoms with Gasteiger partial charge in [0.1, 0.15) is 6.04 Å². The SMILES string of the molecule is C=C1CC2COC(=O)C2(Cc2ccc(C(=O)NC(C)C(=O)OCC)cc2)C1. The van der Waals surface area contributed by atoms with Crippen molar-refractivity contribution >= 4 is 17.8 Å². The van der Waals surface area contributed by atoms with Crippen molar-refractivity contribution in [3.63, 3.8) is 0 Å². The summed E-state index contributed by atoms with van der Waals surface area (Å²) in [6.45, 7) is 8.09. The Labute approximate surface area is 158 Å². The van der Waals surface area contributed by atoms with Gasteiger partial charge in [0.25, 0.3) is 5.91 Å². The third-order valence-corrected chi connectivity index (χ3v) is 5.43. The lowest BCUT2D eigenvalue weighted by atomic mass is 9.75. The Kier molecular flexibility index (Phi) is 5.35. The van der Waals surface area contributed by atoms with E-state index in [2.05, 4.69) is 11.9 Å². The zero-order valence-corrected chi connectivity index (χ0v) is 15.7. The van der Waals surface area contributed by atoms with Crippen molar-refractivity contribution in [3.8, 4) is 0 Å². The van der Waals surface area contributed by atoms with Crippen LogP contribution in [0.15, 0.2) is 36.4 Å². The summed E-state index contributed by atoms with van der Waals surface area (Å²) in [6, 6.07) is 6.40. The maximum atomic E-state index is 12.4. The summed E-state index contributed by atoms with van der Waals surface area (Å²) in [5.41, 5.74) is 2.01. The lowest BCUT2D eigenvalue weighted by Gasteiger charge is -2.24. The summed E-state index contributed by atoms with van der Waals surface area (Å²) in [7, 11) is 0. The minimum atomic E-state index is -0.713. The van der Waals surface area contributed by atoms with Gasteiger partial charge in [-0.15, -0.1) is 0 Å². The number of amides is 1. The lowest BCUT2D eigenvalue weighted by Crippen LogP contribution is -2.39. The molecule has 6 heteroatoms. The average molecular weight is 371 g/mol. The largest absolute Gasteiger partial charge is 0.465 e. The zero-order valence-electron chi connectivity index (χ0n) is 15.7. The van der Waals surface area contributed by atoms with Crippen LogP contribution in [0.1, 0.15) is 42.6 Å².